The van der Waals surface area contributed by atoms with Crippen molar-refractivity contribution in [3.63, 3.8) is 0 Å². The van der Waals surface area contributed by atoms with E-state index in [0.29, 0.717) is 19.2 Å². The molecule has 2 aromatic heterocycles. The summed E-state index contributed by atoms with van der Waals surface area (Å²) in [7, 11) is -2.93. The number of benzene rings is 1. The minimum absolute atomic E-state index is 0.0808. The van der Waals surface area contributed by atoms with Gasteiger partial charge in [-0.1, -0.05) is 23.2 Å². The smallest absolute Gasteiger partial charge is 0.378 e. The number of pyridine rings is 1. The SMILES string of the molecule is CO[C@@H]1CNC[C@@H]1n1cnnc1-c1ncc(Cl)cc1NS(=O)(=O)c1ccc(Cl)c(C(F)(F)F)c1. The first-order valence-corrected chi connectivity index (χ1v) is 11.9. The molecule has 1 aromatic carbocycles. The predicted molar refractivity (Wildman–Crippen MR) is 118 cm³/mol. The van der Waals surface area contributed by atoms with Gasteiger partial charge in [-0.05, 0) is 24.3 Å². The van der Waals surface area contributed by atoms with Crippen LogP contribution in [0.3, 0.4) is 0 Å². The molecule has 0 amide bonds. The Morgan fingerprint density at radius 2 is 2.00 bits per heavy atom. The van der Waals surface area contributed by atoms with Crippen LogP contribution in [0.25, 0.3) is 11.5 Å². The zero-order valence-corrected chi connectivity index (χ0v) is 19.7. The lowest BCUT2D eigenvalue weighted by Crippen LogP contribution is -2.25. The van der Waals surface area contributed by atoms with E-state index in [4.69, 9.17) is 27.9 Å². The molecule has 1 fully saturated rings. The monoisotopic (exact) mass is 536 g/mol. The van der Waals surface area contributed by atoms with Gasteiger partial charge in [0.2, 0.25) is 0 Å². The van der Waals surface area contributed by atoms with Gasteiger partial charge < -0.3 is 14.6 Å². The summed E-state index contributed by atoms with van der Waals surface area (Å²) >= 11 is 11.6. The molecule has 4 rings (SSSR count). The minimum Gasteiger partial charge on any atom is -0.378 e. The largest absolute Gasteiger partial charge is 0.417 e. The number of nitrogens with zero attached hydrogens (tertiary/aromatic N) is 4. The molecule has 1 aliphatic heterocycles. The molecule has 0 saturated carbocycles. The number of sulfonamides is 1. The van der Waals surface area contributed by atoms with Gasteiger partial charge in [-0.3, -0.25) is 4.72 Å². The van der Waals surface area contributed by atoms with Crippen molar-refractivity contribution in [2.75, 3.05) is 24.9 Å². The van der Waals surface area contributed by atoms with E-state index in [1.807, 2.05) is 0 Å². The Labute approximate surface area is 202 Å². The summed E-state index contributed by atoms with van der Waals surface area (Å²) in [6.07, 6.45) is -2.28. The molecule has 9 nitrogen and oxygen atoms in total. The average molecular weight is 537 g/mol. The maximum Gasteiger partial charge on any atom is 0.417 e. The molecule has 1 aliphatic rings. The number of methoxy groups -OCH3 is 1. The number of aromatic nitrogens is 4. The molecule has 3 heterocycles. The predicted octanol–water partition coefficient (Wildman–Crippen LogP) is 3.63. The summed E-state index contributed by atoms with van der Waals surface area (Å²) in [5.41, 5.74) is -1.29. The van der Waals surface area contributed by atoms with E-state index < -0.39 is 31.7 Å². The van der Waals surface area contributed by atoms with E-state index in [0.717, 1.165) is 12.1 Å². The lowest BCUT2D eigenvalue weighted by atomic mass is 10.2. The number of rotatable bonds is 6. The summed E-state index contributed by atoms with van der Waals surface area (Å²) in [5.74, 6) is 0.220. The molecule has 15 heteroatoms. The second-order valence-corrected chi connectivity index (χ2v) is 9.88. The molecule has 34 heavy (non-hydrogen) atoms. The van der Waals surface area contributed by atoms with Crippen LogP contribution in [0.5, 0.6) is 0 Å². The third-order valence-electron chi connectivity index (χ3n) is 5.23. The molecule has 0 unspecified atom stereocenters. The Bertz CT molecular complexity index is 1320. The molecule has 182 valence electrons. The Morgan fingerprint density at radius 3 is 2.71 bits per heavy atom. The summed E-state index contributed by atoms with van der Waals surface area (Å²) < 4.78 is 75.1. The summed E-state index contributed by atoms with van der Waals surface area (Å²) in [4.78, 5) is 3.57. The maximum absolute atomic E-state index is 13.2. The van der Waals surface area contributed by atoms with Crippen molar-refractivity contribution < 1.29 is 26.3 Å². The lowest BCUT2D eigenvalue weighted by molar-refractivity contribution is -0.137. The standard InChI is InChI=1S/C19H17Cl2F3N6O3S/c1-33-16-8-25-7-15(16)30-9-27-28-18(30)17-14(4-10(20)6-26-17)29-34(31,32)11-2-3-13(21)12(5-11)19(22,23)24/h2-6,9,15-16,25,29H,7-8H2,1H3/t15-,16+/m0/s1. The highest BCUT2D eigenvalue weighted by Gasteiger charge is 2.35. The summed E-state index contributed by atoms with van der Waals surface area (Å²) in [6, 6.07) is 3.36. The summed E-state index contributed by atoms with van der Waals surface area (Å²) in [5, 5.41) is 10.7. The van der Waals surface area contributed by atoms with Crippen molar-refractivity contribution in [1.29, 1.82) is 0 Å². The highest BCUT2D eigenvalue weighted by molar-refractivity contribution is 7.92. The highest BCUT2D eigenvalue weighted by Crippen LogP contribution is 2.37. The van der Waals surface area contributed by atoms with E-state index >= 15 is 0 Å². The van der Waals surface area contributed by atoms with Crippen LogP contribution in [-0.2, 0) is 20.9 Å². The van der Waals surface area contributed by atoms with Crippen LogP contribution in [0.2, 0.25) is 10.0 Å². The normalized spacial score (nSPS) is 18.9. The van der Waals surface area contributed by atoms with Gasteiger partial charge in [-0.25, -0.2) is 13.4 Å². The highest BCUT2D eigenvalue weighted by atomic mass is 35.5. The van der Waals surface area contributed by atoms with Crippen molar-refractivity contribution in [3.05, 3.63) is 52.4 Å². The van der Waals surface area contributed by atoms with Crippen molar-refractivity contribution >= 4 is 38.9 Å². The quantitative estimate of drug-likeness (QED) is 0.494. The number of nitrogens with one attached hydrogen (secondary N) is 2. The van der Waals surface area contributed by atoms with Crippen molar-refractivity contribution in [2.24, 2.45) is 0 Å². The van der Waals surface area contributed by atoms with E-state index in [2.05, 4.69) is 25.2 Å². The van der Waals surface area contributed by atoms with Crippen LogP contribution in [0.1, 0.15) is 11.6 Å². The number of halogens is 5. The fourth-order valence-corrected chi connectivity index (χ4v) is 5.07. The van der Waals surface area contributed by atoms with Crippen molar-refractivity contribution in [3.8, 4) is 11.5 Å². The molecule has 0 bridgehead atoms. The first-order chi connectivity index (χ1) is 16.0. The van der Waals surface area contributed by atoms with Gasteiger partial charge in [0, 0.05) is 26.4 Å². The Hall–Kier alpha value is -2.45. The lowest BCUT2D eigenvalue weighted by Gasteiger charge is -2.20. The Balaban J connectivity index is 1.75. The number of ether oxygens (including phenoxy) is 1. The maximum atomic E-state index is 13.2. The van der Waals surface area contributed by atoms with Crippen molar-refractivity contribution in [2.45, 2.75) is 23.2 Å². The Kier molecular flexibility index (Phi) is 6.75. The average Bonchev–Trinajstić information content (AvgIpc) is 3.41. The zero-order valence-electron chi connectivity index (χ0n) is 17.3. The fourth-order valence-electron chi connectivity index (χ4n) is 3.60. The van der Waals surface area contributed by atoms with Crippen LogP contribution < -0.4 is 10.0 Å². The van der Waals surface area contributed by atoms with Crippen LogP contribution in [-0.4, -0.2) is 54.5 Å². The molecule has 0 aliphatic carbocycles. The molecule has 2 atom stereocenters. The van der Waals surface area contributed by atoms with Crippen LogP contribution >= 0.6 is 23.2 Å². The molecule has 2 N–H and O–H groups in total. The van der Waals surface area contributed by atoms with E-state index in [9.17, 15) is 21.6 Å². The van der Waals surface area contributed by atoms with Gasteiger partial charge >= 0.3 is 6.18 Å². The fraction of sp³-hybridized carbons (Fsp3) is 0.316. The first-order valence-electron chi connectivity index (χ1n) is 9.70. The molecular formula is C19H17Cl2F3N6O3S. The van der Waals surface area contributed by atoms with Gasteiger partial charge in [0.25, 0.3) is 10.0 Å². The number of alkyl halides is 3. The van der Waals surface area contributed by atoms with Crippen LogP contribution in [0.4, 0.5) is 18.9 Å². The van der Waals surface area contributed by atoms with Crippen molar-refractivity contribution in [1.82, 2.24) is 25.1 Å². The molecule has 3 aromatic rings. The molecular weight excluding hydrogens is 520 g/mol. The molecule has 0 radical (unpaired) electrons. The van der Waals surface area contributed by atoms with Gasteiger partial charge in [0.15, 0.2) is 5.82 Å². The third kappa shape index (κ3) is 4.84. The first kappa shape index (κ1) is 24.7. The second kappa shape index (κ2) is 9.30. The number of anilines is 1. The summed E-state index contributed by atoms with van der Waals surface area (Å²) in [6.45, 7) is 1.13. The molecule has 1 saturated heterocycles. The van der Waals surface area contributed by atoms with Gasteiger partial charge in [-0.15, -0.1) is 10.2 Å². The van der Waals surface area contributed by atoms with E-state index in [1.54, 1.807) is 11.7 Å². The van der Waals surface area contributed by atoms with Crippen LogP contribution in [0.15, 0.2) is 41.7 Å². The third-order valence-corrected chi connectivity index (χ3v) is 7.12. The minimum atomic E-state index is -4.84. The topological polar surface area (TPSA) is 111 Å². The van der Waals surface area contributed by atoms with Gasteiger partial charge in [0.05, 0.1) is 38.3 Å². The number of hydrogen-bond donors (Lipinski definition) is 2. The van der Waals surface area contributed by atoms with Crippen LogP contribution in [0, 0.1) is 0 Å². The van der Waals surface area contributed by atoms with Gasteiger partial charge in [-0.2, -0.15) is 13.2 Å². The Morgan fingerprint density at radius 1 is 1.24 bits per heavy atom. The van der Waals surface area contributed by atoms with Gasteiger partial charge in [0.1, 0.15) is 12.0 Å². The van der Waals surface area contributed by atoms with E-state index in [-0.39, 0.29) is 34.4 Å². The molecule has 0 spiro atoms. The number of hydrogen-bond acceptors (Lipinski definition) is 7. The van der Waals surface area contributed by atoms with E-state index in [1.165, 1.54) is 18.6 Å². The second-order valence-electron chi connectivity index (χ2n) is 7.36. The zero-order chi connectivity index (χ0) is 24.7.